The second-order valence-corrected chi connectivity index (χ2v) is 4.18. The minimum absolute atomic E-state index is 0.0676. The van der Waals surface area contributed by atoms with Crippen LogP contribution in [-0.4, -0.2) is 55.8 Å². The van der Waals surface area contributed by atoms with Crippen molar-refractivity contribution >= 4 is 0 Å². The normalized spacial score (nSPS) is 13.7. The fraction of sp³-hybridized carbons (Fsp3) is 1.00. The van der Waals surface area contributed by atoms with E-state index in [4.69, 9.17) is 5.11 Å². The van der Waals surface area contributed by atoms with Crippen LogP contribution in [0.2, 0.25) is 0 Å². The van der Waals surface area contributed by atoms with Gasteiger partial charge in [0.1, 0.15) is 0 Å². The van der Waals surface area contributed by atoms with Gasteiger partial charge in [-0.2, -0.15) is 0 Å². The Labute approximate surface area is 96.8 Å². The van der Waals surface area contributed by atoms with Gasteiger partial charge in [-0.1, -0.05) is 13.8 Å². The molecule has 0 aliphatic rings. The summed E-state index contributed by atoms with van der Waals surface area (Å²) in [7, 11) is 0. The van der Waals surface area contributed by atoms with E-state index in [1.54, 1.807) is 4.90 Å². The first kappa shape index (κ1) is 15.7. The highest BCUT2D eigenvalue weighted by Gasteiger charge is 2.14. The summed E-state index contributed by atoms with van der Waals surface area (Å²) in [4.78, 5) is 1.61. The standard InChI is InChI=1S/C11H24F2N2O/c1-3-4-14-7-10(2)8-15(5-6-16)9-11(12)13/h10-11,14,16H,3-9H2,1-2H3. The Bertz CT molecular complexity index is 159. The molecule has 3 nitrogen and oxygen atoms in total. The largest absolute Gasteiger partial charge is 0.395 e. The molecule has 0 aromatic rings. The molecule has 0 aromatic heterocycles. The number of rotatable bonds is 10. The van der Waals surface area contributed by atoms with E-state index in [9.17, 15) is 8.78 Å². The van der Waals surface area contributed by atoms with Gasteiger partial charge in [0, 0.05) is 13.1 Å². The van der Waals surface area contributed by atoms with E-state index in [2.05, 4.69) is 12.2 Å². The van der Waals surface area contributed by atoms with E-state index in [-0.39, 0.29) is 13.2 Å². The molecule has 0 bridgehead atoms. The Morgan fingerprint density at radius 3 is 2.50 bits per heavy atom. The molecule has 0 saturated heterocycles. The summed E-state index contributed by atoms with van der Waals surface area (Å²) in [6.07, 6.45) is -1.26. The topological polar surface area (TPSA) is 35.5 Å². The molecule has 16 heavy (non-hydrogen) atoms. The number of nitrogens with zero attached hydrogens (tertiary/aromatic N) is 1. The molecule has 0 rings (SSSR count). The average Bonchev–Trinajstić information content (AvgIpc) is 2.17. The van der Waals surface area contributed by atoms with Crippen molar-refractivity contribution in [3.8, 4) is 0 Å². The molecule has 0 heterocycles. The lowest BCUT2D eigenvalue weighted by Crippen LogP contribution is -2.38. The Hall–Kier alpha value is -0.260. The lowest BCUT2D eigenvalue weighted by atomic mass is 10.1. The quantitative estimate of drug-likeness (QED) is 0.561. The van der Waals surface area contributed by atoms with Crippen LogP contribution >= 0.6 is 0 Å². The minimum atomic E-state index is -2.33. The molecular weight excluding hydrogens is 214 g/mol. The SMILES string of the molecule is CCCNCC(C)CN(CCO)CC(F)F. The summed E-state index contributed by atoms with van der Waals surface area (Å²) in [5.41, 5.74) is 0. The summed E-state index contributed by atoms with van der Waals surface area (Å²) < 4.78 is 24.5. The van der Waals surface area contributed by atoms with Crippen molar-refractivity contribution in [2.24, 2.45) is 5.92 Å². The van der Waals surface area contributed by atoms with Crippen molar-refractivity contribution in [3.63, 3.8) is 0 Å². The molecule has 0 fully saturated rings. The lowest BCUT2D eigenvalue weighted by molar-refractivity contribution is 0.0712. The lowest BCUT2D eigenvalue weighted by Gasteiger charge is -2.24. The molecule has 0 spiro atoms. The van der Waals surface area contributed by atoms with Crippen molar-refractivity contribution in [2.75, 3.05) is 39.3 Å². The van der Waals surface area contributed by atoms with Crippen LogP contribution in [0.3, 0.4) is 0 Å². The third kappa shape index (κ3) is 9.00. The van der Waals surface area contributed by atoms with Gasteiger partial charge in [0.2, 0.25) is 0 Å². The van der Waals surface area contributed by atoms with Crippen LogP contribution in [0.25, 0.3) is 0 Å². The molecule has 1 unspecified atom stereocenters. The maximum Gasteiger partial charge on any atom is 0.251 e. The number of aliphatic hydroxyl groups excluding tert-OH is 1. The van der Waals surface area contributed by atoms with Crippen LogP contribution in [-0.2, 0) is 0 Å². The monoisotopic (exact) mass is 238 g/mol. The second kappa shape index (κ2) is 9.93. The zero-order valence-corrected chi connectivity index (χ0v) is 10.3. The van der Waals surface area contributed by atoms with Crippen molar-refractivity contribution in [2.45, 2.75) is 26.7 Å². The molecule has 5 heteroatoms. The van der Waals surface area contributed by atoms with E-state index < -0.39 is 6.43 Å². The van der Waals surface area contributed by atoms with Crippen LogP contribution in [0.1, 0.15) is 20.3 Å². The van der Waals surface area contributed by atoms with Gasteiger partial charge in [0.15, 0.2) is 0 Å². The van der Waals surface area contributed by atoms with Gasteiger partial charge in [0.05, 0.1) is 13.2 Å². The summed E-state index contributed by atoms with van der Waals surface area (Å²) in [5, 5.41) is 12.0. The summed E-state index contributed by atoms with van der Waals surface area (Å²) in [5.74, 6) is 0.317. The van der Waals surface area contributed by atoms with Gasteiger partial charge < -0.3 is 10.4 Å². The van der Waals surface area contributed by atoms with Gasteiger partial charge in [-0.3, -0.25) is 4.90 Å². The summed E-state index contributed by atoms with van der Waals surface area (Å²) >= 11 is 0. The first-order chi connectivity index (χ1) is 7.60. The van der Waals surface area contributed by atoms with Crippen molar-refractivity contribution in [1.82, 2.24) is 10.2 Å². The van der Waals surface area contributed by atoms with E-state index in [1.165, 1.54) is 0 Å². The van der Waals surface area contributed by atoms with Gasteiger partial charge in [-0.05, 0) is 25.4 Å². The third-order valence-corrected chi connectivity index (χ3v) is 2.30. The van der Waals surface area contributed by atoms with Gasteiger partial charge >= 0.3 is 0 Å². The molecule has 0 amide bonds. The minimum Gasteiger partial charge on any atom is -0.395 e. The third-order valence-electron chi connectivity index (χ3n) is 2.30. The van der Waals surface area contributed by atoms with Crippen LogP contribution < -0.4 is 5.32 Å². The zero-order valence-electron chi connectivity index (χ0n) is 10.3. The fourth-order valence-corrected chi connectivity index (χ4v) is 1.62. The zero-order chi connectivity index (χ0) is 12.4. The Balaban J connectivity index is 3.78. The summed E-state index contributed by atoms with van der Waals surface area (Å²) in [6.45, 7) is 6.51. The first-order valence-corrected chi connectivity index (χ1v) is 5.92. The molecule has 0 aliphatic heterocycles. The number of hydrogen-bond acceptors (Lipinski definition) is 3. The Morgan fingerprint density at radius 2 is 2.00 bits per heavy atom. The molecule has 2 N–H and O–H groups in total. The number of alkyl halides is 2. The summed E-state index contributed by atoms with van der Waals surface area (Å²) in [6, 6.07) is 0. The van der Waals surface area contributed by atoms with Crippen molar-refractivity contribution in [3.05, 3.63) is 0 Å². The Morgan fingerprint density at radius 1 is 1.31 bits per heavy atom. The van der Waals surface area contributed by atoms with E-state index in [0.717, 1.165) is 19.5 Å². The molecule has 0 saturated carbocycles. The Kier molecular flexibility index (Phi) is 9.77. The molecule has 1 atom stereocenters. The average molecular weight is 238 g/mol. The highest BCUT2D eigenvalue weighted by atomic mass is 19.3. The van der Waals surface area contributed by atoms with Gasteiger partial charge in [-0.25, -0.2) is 8.78 Å². The fourth-order valence-electron chi connectivity index (χ4n) is 1.62. The van der Waals surface area contributed by atoms with Gasteiger partial charge in [0.25, 0.3) is 6.43 Å². The van der Waals surface area contributed by atoms with Crippen LogP contribution in [0.4, 0.5) is 8.78 Å². The highest BCUT2D eigenvalue weighted by Crippen LogP contribution is 2.03. The first-order valence-electron chi connectivity index (χ1n) is 5.92. The molecule has 0 radical (unpaired) electrons. The molecule has 98 valence electrons. The molecule has 0 aliphatic carbocycles. The predicted octanol–water partition coefficient (Wildman–Crippen LogP) is 1.18. The number of hydrogen-bond donors (Lipinski definition) is 2. The van der Waals surface area contributed by atoms with Crippen LogP contribution in [0.15, 0.2) is 0 Å². The maximum atomic E-state index is 12.2. The predicted molar refractivity (Wildman–Crippen MR) is 61.9 cm³/mol. The number of halogens is 2. The van der Waals surface area contributed by atoms with Gasteiger partial charge in [-0.15, -0.1) is 0 Å². The smallest absolute Gasteiger partial charge is 0.251 e. The van der Waals surface area contributed by atoms with Crippen molar-refractivity contribution < 1.29 is 13.9 Å². The van der Waals surface area contributed by atoms with Crippen LogP contribution in [0, 0.1) is 5.92 Å². The van der Waals surface area contributed by atoms with E-state index in [0.29, 0.717) is 19.0 Å². The number of aliphatic hydroxyl groups is 1. The van der Waals surface area contributed by atoms with Crippen LogP contribution in [0.5, 0.6) is 0 Å². The second-order valence-electron chi connectivity index (χ2n) is 4.18. The molecular formula is C11H24F2N2O. The van der Waals surface area contributed by atoms with E-state index >= 15 is 0 Å². The maximum absolute atomic E-state index is 12.2. The number of nitrogens with one attached hydrogen (secondary N) is 1. The van der Waals surface area contributed by atoms with E-state index in [1.807, 2.05) is 6.92 Å². The highest BCUT2D eigenvalue weighted by molar-refractivity contribution is 4.65. The molecule has 0 aromatic carbocycles. The van der Waals surface area contributed by atoms with Crippen molar-refractivity contribution in [1.29, 1.82) is 0 Å².